The summed E-state index contributed by atoms with van der Waals surface area (Å²) in [4.78, 5) is 11.8. The lowest BCUT2D eigenvalue weighted by Crippen LogP contribution is -2.66. The van der Waals surface area contributed by atoms with Crippen molar-refractivity contribution in [3.8, 4) is 0 Å². The first-order valence-corrected chi connectivity index (χ1v) is 12.6. The van der Waals surface area contributed by atoms with Crippen LogP contribution in [0, 0.1) is 0 Å². The highest BCUT2D eigenvalue weighted by Crippen LogP contribution is 2.36. The molecule has 166 valence electrons. The number of carbonyl (C=O) groups excluding carboxylic acids is 1. The van der Waals surface area contributed by atoms with E-state index in [1.54, 1.807) is 18.2 Å². The number of carbonyl (C=O) groups is 1. The SMILES string of the molecule is CC(C)(C)[Si](OC/C=C/C=C1C=C(/C=C/CO)C(=O)O/1)(c1ccccc1)c1ccccc1. The van der Waals surface area contributed by atoms with Gasteiger partial charge in [0, 0.05) is 0 Å². The normalized spacial score (nSPS) is 16.2. The van der Waals surface area contributed by atoms with Crippen LogP contribution in [0.5, 0.6) is 0 Å². The van der Waals surface area contributed by atoms with Gasteiger partial charge in [-0.25, -0.2) is 4.79 Å². The molecule has 2 aromatic carbocycles. The molecule has 0 aliphatic carbocycles. The summed E-state index contributed by atoms with van der Waals surface area (Å²) in [5.41, 5.74) is 0.419. The lowest BCUT2D eigenvalue weighted by Gasteiger charge is -2.42. The van der Waals surface area contributed by atoms with Crippen LogP contribution in [0.1, 0.15) is 20.8 Å². The molecule has 0 unspecified atom stereocenters. The molecule has 0 radical (unpaired) electrons. The van der Waals surface area contributed by atoms with Crippen molar-refractivity contribution in [3.63, 3.8) is 0 Å². The molecule has 1 N–H and O–H groups in total. The number of aliphatic hydroxyl groups excluding tert-OH is 1. The molecule has 4 nitrogen and oxygen atoms in total. The second-order valence-corrected chi connectivity index (χ2v) is 12.9. The molecule has 0 spiro atoms. The molecular weight excluding hydrogens is 416 g/mol. The van der Waals surface area contributed by atoms with E-state index < -0.39 is 14.3 Å². The number of esters is 1. The molecule has 0 saturated carbocycles. The van der Waals surface area contributed by atoms with E-state index in [1.807, 2.05) is 24.3 Å². The zero-order valence-corrected chi connectivity index (χ0v) is 19.8. The molecule has 0 saturated heterocycles. The Bertz CT molecular complexity index is 989. The number of hydrogen-bond acceptors (Lipinski definition) is 4. The van der Waals surface area contributed by atoms with E-state index in [2.05, 4.69) is 69.3 Å². The van der Waals surface area contributed by atoms with Gasteiger partial charge in [0.2, 0.25) is 0 Å². The summed E-state index contributed by atoms with van der Waals surface area (Å²) in [6, 6.07) is 21.0. The van der Waals surface area contributed by atoms with E-state index in [-0.39, 0.29) is 11.6 Å². The number of rotatable bonds is 8. The van der Waals surface area contributed by atoms with Gasteiger partial charge in [0.25, 0.3) is 8.32 Å². The minimum Gasteiger partial charge on any atom is -0.423 e. The second-order valence-electron chi connectivity index (χ2n) is 8.55. The monoisotopic (exact) mass is 446 g/mol. The Balaban J connectivity index is 1.84. The fourth-order valence-electron chi connectivity index (χ4n) is 3.94. The third-order valence-electron chi connectivity index (χ3n) is 5.36. The summed E-state index contributed by atoms with van der Waals surface area (Å²) in [7, 11) is -2.57. The lowest BCUT2D eigenvalue weighted by molar-refractivity contribution is -0.132. The van der Waals surface area contributed by atoms with Gasteiger partial charge in [0.15, 0.2) is 0 Å². The summed E-state index contributed by atoms with van der Waals surface area (Å²) in [6.45, 7) is 7.05. The first kappa shape index (κ1) is 23.7. The molecule has 5 heteroatoms. The predicted molar refractivity (Wildman–Crippen MR) is 131 cm³/mol. The van der Waals surface area contributed by atoms with Crippen molar-refractivity contribution < 1.29 is 19.1 Å². The van der Waals surface area contributed by atoms with Crippen molar-refractivity contribution in [1.82, 2.24) is 0 Å². The Morgan fingerprint density at radius 2 is 1.56 bits per heavy atom. The summed E-state index contributed by atoms with van der Waals surface area (Å²) in [5, 5.41) is 11.2. The van der Waals surface area contributed by atoms with Crippen molar-refractivity contribution in [2.75, 3.05) is 13.2 Å². The third kappa shape index (κ3) is 5.25. The number of hydrogen-bond donors (Lipinski definition) is 1. The molecule has 0 bridgehead atoms. The van der Waals surface area contributed by atoms with Gasteiger partial charge in [-0.3, -0.25) is 0 Å². The number of cyclic esters (lactones) is 1. The molecule has 0 aromatic heterocycles. The number of aliphatic hydroxyl groups is 1. The van der Waals surface area contributed by atoms with E-state index in [1.165, 1.54) is 16.4 Å². The zero-order valence-electron chi connectivity index (χ0n) is 18.8. The molecule has 1 aliphatic heterocycles. The van der Waals surface area contributed by atoms with Gasteiger partial charge >= 0.3 is 5.97 Å². The summed E-state index contributed by atoms with van der Waals surface area (Å²) in [6.07, 6.45) is 10.2. The van der Waals surface area contributed by atoms with Gasteiger partial charge in [-0.15, -0.1) is 0 Å². The second kappa shape index (κ2) is 10.5. The number of benzene rings is 2. The Labute approximate surface area is 191 Å². The Morgan fingerprint density at radius 1 is 0.969 bits per heavy atom. The quantitative estimate of drug-likeness (QED) is 0.491. The van der Waals surface area contributed by atoms with Gasteiger partial charge in [-0.1, -0.05) is 99.7 Å². The van der Waals surface area contributed by atoms with Gasteiger partial charge in [0.1, 0.15) is 5.76 Å². The molecule has 0 amide bonds. The van der Waals surface area contributed by atoms with Crippen molar-refractivity contribution >= 4 is 24.7 Å². The summed E-state index contributed by atoms with van der Waals surface area (Å²) < 4.78 is 12.0. The highest BCUT2D eigenvalue weighted by atomic mass is 28.4. The summed E-state index contributed by atoms with van der Waals surface area (Å²) in [5.74, 6) is 0.0483. The van der Waals surface area contributed by atoms with E-state index in [0.29, 0.717) is 17.9 Å². The fourth-order valence-corrected chi connectivity index (χ4v) is 8.44. The smallest absolute Gasteiger partial charge is 0.343 e. The standard InChI is InChI=1S/C27H30O4Si/c1-27(2,3)32(24-15-6-4-7-16-24,25-17-8-5-9-18-25)30-20-11-10-14-23-21-22(13-12-19-28)26(29)31-23/h4-18,21,28H,19-20H2,1-3H3/b11-10+,13-12+,23-14-. The molecule has 0 fully saturated rings. The minimum absolute atomic E-state index is 0.0837. The molecule has 32 heavy (non-hydrogen) atoms. The maximum absolute atomic E-state index is 11.8. The maximum atomic E-state index is 11.8. The fraction of sp³-hybridized carbons (Fsp3) is 0.222. The van der Waals surface area contributed by atoms with Gasteiger partial charge < -0.3 is 14.3 Å². The van der Waals surface area contributed by atoms with E-state index in [0.717, 1.165) is 0 Å². The van der Waals surface area contributed by atoms with Crippen LogP contribution < -0.4 is 10.4 Å². The molecule has 0 atom stereocenters. The Hall–Kier alpha value is -2.99. The topological polar surface area (TPSA) is 55.8 Å². The van der Waals surface area contributed by atoms with Crippen LogP contribution in [-0.4, -0.2) is 32.6 Å². The molecule has 3 rings (SSSR count). The number of allylic oxidation sites excluding steroid dienone is 3. The predicted octanol–water partition coefficient (Wildman–Crippen LogP) is 4.03. The summed E-state index contributed by atoms with van der Waals surface area (Å²) >= 11 is 0. The van der Waals surface area contributed by atoms with Gasteiger partial charge in [-0.2, -0.15) is 0 Å². The van der Waals surface area contributed by atoms with Crippen molar-refractivity contribution in [2.45, 2.75) is 25.8 Å². The molecule has 2 aromatic rings. The maximum Gasteiger partial charge on any atom is 0.343 e. The first-order valence-electron chi connectivity index (χ1n) is 10.7. The van der Waals surface area contributed by atoms with Crippen LogP contribution in [0.15, 0.2) is 108 Å². The van der Waals surface area contributed by atoms with Crippen LogP contribution in [0.25, 0.3) is 0 Å². The highest BCUT2D eigenvalue weighted by molar-refractivity contribution is 6.99. The zero-order chi connectivity index (χ0) is 23.0. The van der Waals surface area contributed by atoms with Crippen LogP contribution in [0.2, 0.25) is 5.04 Å². The number of ether oxygens (including phenoxy) is 1. The van der Waals surface area contributed by atoms with E-state index >= 15 is 0 Å². The van der Waals surface area contributed by atoms with Crippen molar-refractivity contribution in [2.24, 2.45) is 0 Å². The lowest BCUT2D eigenvalue weighted by atomic mass is 10.2. The van der Waals surface area contributed by atoms with Gasteiger partial charge in [0.05, 0.1) is 18.8 Å². The van der Waals surface area contributed by atoms with E-state index in [4.69, 9.17) is 14.3 Å². The highest BCUT2D eigenvalue weighted by Gasteiger charge is 2.49. The molecule has 1 aliphatic rings. The van der Waals surface area contributed by atoms with Crippen LogP contribution in [0.4, 0.5) is 0 Å². The van der Waals surface area contributed by atoms with Crippen LogP contribution >= 0.6 is 0 Å². The van der Waals surface area contributed by atoms with Crippen LogP contribution in [-0.2, 0) is 14.0 Å². The Kier molecular flexibility index (Phi) is 7.80. The van der Waals surface area contributed by atoms with E-state index in [9.17, 15) is 4.79 Å². The van der Waals surface area contributed by atoms with Crippen molar-refractivity contribution in [1.29, 1.82) is 0 Å². The molecule has 1 heterocycles. The third-order valence-corrected chi connectivity index (χ3v) is 10.4. The average molecular weight is 447 g/mol. The van der Waals surface area contributed by atoms with Gasteiger partial charge in [-0.05, 0) is 33.6 Å². The Morgan fingerprint density at radius 3 is 2.09 bits per heavy atom. The molecular formula is C27H30O4Si. The van der Waals surface area contributed by atoms with Crippen LogP contribution in [0.3, 0.4) is 0 Å². The van der Waals surface area contributed by atoms with Crippen molar-refractivity contribution in [3.05, 3.63) is 108 Å². The largest absolute Gasteiger partial charge is 0.423 e. The first-order chi connectivity index (χ1) is 15.4. The average Bonchev–Trinajstić information content (AvgIpc) is 3.14. The minimum atomic E-state index is -2.57.